The van der Waals surface area contributed by atoms with Crippen LogP contribution >= 0.6 is 12.2 Å². The van der Waals surface area contributed by atoms with Gasteiger partial charge in [-0.1, -0.05) is 12.2 Å². The number of hydrogen-bond acceptors (Lipinski definition) is 5. The highest BCUT2D eigenvalue weighted by Crippen LogP contribution is 2.22. The van der Waals surface area contributed by atoms with Gasteiger partial charge in [0.25, 0.3) is 5.91 Å². The molecule has 0 saturated heterocycles. The van der Waals surface area contributed by atoms with E-state index in [0.29, 0.717) is 30.2 Å². The van der Waals surface area contributed by atoms with E-state index in [-0.39, 0.29) is 17.5 Å². The van der Waals surface area contributed by atoms with Crippen molar-refractivity contribution >= 4 is 23.1 Å². The molecule has 0 aliphatic carbocycles. The lowest BCUT2D eigenvalue weighted by molar-refractivity contribution is -0.123. The van der Waals surface area contributed by atoms with E-state index >= 15 is 0 Å². The maximum atomic E-state index is 11.5. The highest BCUT2D eigenvalue weighted by molar-refractivity contribution is 7.80. The first kappa shape index (κ1) is 16.2. The number of ether oxygens (including phenoxy) is 3. The van der Waals surface area contributed by atoms with Crippen LogP contribution in [0, 0.1) is 0 Å². The fourth-order valence-corrected chi connectivity index (χ4v) is 1.53. The van der Waals surface area contributed by atoms with Gasteiger partial charge in [0.05, 0.1) is 13.7 Å². The number of nitrogens with one attached hydrogen (secondary N) is 1. The zero-order valence-electron chi connectivity index (χ0n) is 11.5. The van der Waals surface area contributed by atoms with Crippen LogP contribution in [0.2, 0.25) is 0 Å². The third-order valence-electron chi connectivity index (χ3n) is 2.40. The molecule has 3 N–H and O–H groups in total. The van der Waals surface area contributed by atoms with Crippen molar-refractivity contribution in [3.63, 3.8) is 0 Å². The SMILES string of the molecule is COCCNC(=O)COc1cc(OC)cc(C(N)=S)c1. The lowest BCUT2D eigenvalue weighted by atomic mass is 10.2. The van der Waals surface area contributed by atoms with E-state index in [1.54, 1.807) is 25.3 Å². The Morgan fingerprint density at radius 3 is 2.60 bits per heavy atom. The molecule has 0 radical (unpaired) electrons. The first-order valence-corrected chi connectivity index (χ1v) is 6.35. The second-order valence-electron chi connectivity index (χ2n) is 3.89. The van der Waals surface area contributed by atoms with Crippen LogP contribution in [-0.2, 0) is 9.53 Å². The smallest absolute Gasteiger partial charge is 0.258 e. The molecule has 1 rings (SSSR count). The van der Waals surface area contributed by atoms with Crippen molar-refractivity contribution in [3.8, 4) is 11.5 Å². The average molecular weight is 298 g/mol. The van der Waals surface area contributed by atoms with Gasteiger partial charge in [-0.25, -0.2) is 0 Å². The third kappa shape index (κ3) is 5.41. The Bertz CT molecular complexity index is 479. The topological polar surface area (TPSA) is 82.8 Å². The summed E-state index contributed by atoms with van der Waals surface area (Å²) in [5.74, 6) is 0.792. The maximum Gasteiger partial charge on any atom is 0.258 e. The lowest BCUT2D eigenvalue weighted by Crippen LogP contribution is -2.31. The van der Waals surface area contributed by atoms with Crippen LogP contribution in [0.3, 0.4) is 0 Å². The minimum atomic E-state index is -0.234. The van der Waals surface area contributed by atoms with Crippen LogP contribution in [0.25, 0.3) is 0 Å². The molecule has 0 aliphatic rings. The third-order valence-corrected chi connectivity index (χ3v) is 2.63. The van der Waals surface area contributed by atoms with E-state index in [0.717, 1.165) is 0 Å². The summed E-state index contributed by atoms with van der Waals surface area (Å²) >= 11 is 4.91. The molecule has 0 atom stereocenters. The number of thiocarbonyl (C=S) groups is 1. The van der Waals surface area contributed by atoms with Gasteiger partial charge in [-0.3, -0.25) is 4.79 Å². The van der Waals surface area contributed by atoms with Gasteiger partial charge in [-0.05, 0) is 12.1 Å². The second-order valence-corrected chi connectivity index (χ2v) is 4.33. The molecule has 0 spiro atoms. The molecule has 6 nitrogen and oxygen atoms in total. The van der Waals surface area contributed by atoms with Crippen molar-refractivity contribution in [1.82, 2.24) is 5.32 Å². The first-order valence-electron chi connectivity index (χ1n) is 5.94. The maximum absolute atomic E-state index is 11.5. The largest absolute Gasteiger partial charge is 0.497 e. The standard InChI is InChI=1S/C13H18N2O4S/c1-17-4-3-15-12(16)8-19-11-6-9(13(14)20)5-10(7-11)18-2/h5-7H,3-4,8H2,1-2H3,(H2,14,20)(H,15,16). The lowest BCUT2D eigenvalue weighted by Gasteiger charge is -2.10. The Kier molecular flexibility index (Phi) is 6.75. The van der Waals surface area contributed by atoms with Crippen LogP contribution in [0.4, 0.5) is 0 Å². The van der Waals surface area contributed by atoms with E-state index in [9.17, 15) is 4.79 Å². The van der Waals surface area contributed by atoms with Gasteiger partial charge in [-0.15, -0.1) is 0 Å². The fraction of sp³-hybridized carbons (Fsp3) is 0.385. The van der Waals surface area contributed by atoms with Crippen LogP contribution < -0.4 is 20.5 Å². The van der Waals surface area contributed by atoms with Crippen molar-refractivity contribution in [1.29, 1.82) is 0 Å². The van der Waals surface area contributed by atoms with Crippen LogP contribution in [-0.4, -0.2) is 44.9 Å². The zero-order chi connectivity index (χ0) is 15.0. The molecular weight excluding hydrogens is 280 g/mol. The Labute approximate surface area is 123 Å². The molecule has 0 heterocycles. The van der Waals surface area contributed by atoms with Gasteiger partial charge in [0.15, 0.2) is 6.61 Å². The molecule has 1 aromatic carbocycles. The molecule has 1 aromatic rings. The number of carbonyl (C=O) groups excluding carboxylic acids is 1. The van der Waals surface area contributed by atoms with Gasteiger partial charge in [0.2, 0.25) is 0 Å². The van der Waals surface area contributed by atoms with E-state index in [1.165, 1.54) is 7.11 Å². The van der Waals surface area contributed by atoms with Crippen LogP contribution in [0.1, 0.15) is 5.56 Å². The molecule has 20 heavy (non-hydrogen) atoms. The van der Waals surface area contributed by atoms with Gasteiger partial charge in [0.1, 0.15) is 16.5 Å². The van der Waals surface area contributed by atoms with E-state index in [1.807, 2.05) is 0 Å². The summed E-state index contributed by atoms with van der Waals surface area (Å²) in [5.41, 5.74) is 6.19. The van der Waals surface area contributed by atoms with E-state index < -0.39 is 0 Å². The second kappa shape index (κ2) is 8.34. The summed E-state index contributed by atoms with van der Waals surface area (Å²) in [6.45, 7) is 0.791. The van der Waals surface area contributed by atoms with E-state index in [2.05, 4.69) is 5.32 Å². The number of nitrogens with two attached hydrogens (primary N) is 1. The predicted molar refractivity (Wildman–Crippen MR) is 79.3 cm³/mol. The van der Waals surface area contributed by atoms with Crippen LogP contribution in [0.5, 0.6) is 11.5 Å². The number of methoxy groups -OCH3 is 2. The average Bonchev–Trinajstić information content (AvgIpc) is 2.45. The zero-order valence-corrected chi connectivity index (χ0v) is 12.3. The molecule has 0 bridgehead atoms. The predicted octanol–water partition coefficient (Wildman–Crippen LogP) is 0.471. The van der Waals surface area contributed by atoms with Crippen LogP contribution in [0.15, 0.2) is 18.2 Å². The molecule has 0 fully saturated rings. The van der Waals surface area contributed by atoms with Crippen molar-refractivity contribution in [3.05, 3.63) is 23.8 Å². The molecule has 0 aliphatic heterocycles. The minimum absolute atomic E-state index is 0.104. The normalized spacial score (nSPS) is 9.90. The van der Waals surface area contributed by atoms with Crippen molar-refractivity contribution < 1.29 is 19.0 Å². The quantitative estimate of drug-likeness (QED) is 0.536. The van der Waals surface area contributed by atoms with Crippen molar-refractivity contribution in [2.24, 2.45) is 5.73 Å². The first-order chi connectivity index (χ1) is 9.56. The Morgan fingerprint density at radius 1 is 1.30 bits per heavy atom. The van der Waals surface area contributed by atoms with Gasteiger partial charge < -0.3 is 25.3 Å². The molecule has 1 amide bonds. The molecular formula is C13H18N2O4S. The Balaban J connectivity index is 2.60. The molecule has 110 valence electrons. The molecule has 0 saturated carbocycles. The number of rotatable bonds is 8. The number of amides is 1. The Hall–Kier alpha value is -1.86. The van der Waals surface area contributed by atoms with Crippen molar-refractivity contribution in [2.75, 3.05) is 34.0 Å². The summed E-state index contributed by atoms with van der Waals surface area (Å²) in [5, 5.41) is 2.65. The molecule has 0 aromatic heterocycles. The highest BCUT2D eigenvalue weighted by Gasteiger charge is 2.07. The number of carbonyl (C=O) groups is 1. The number of hydrogen-bond donors (Lipinski definition) is 2. The van der Waals surface area contributed by atoms with Gasteiger partial charge >= 0.3 is 0 Å². The Morgan fingerprint density at radius 2 is 2.00 bits per heavy atom. The molecule has 0 unspecified atom stereocenters. The number of benzene rings is 1. The summed E-state index contributed by atoms with van der Waals surface area (Å²) in [7, 11) is 3.09. The van der Waals surface area contributed by atoms with Crippen molar-refractivity contribution in [2.45, 2.75) is 0 Å². The van der Waals surface area contributed by atoms with E-state index in [4.69, 9.17) is 32.2 Å². The monoisotopic (exact) mass is 298 g/mol. The molecule has 7 heteroatoms. The summed E-state index contributed by atoms with van der Waals surface area (Å²) in [4.78, 5) is 11.7. The van der Waals surface area contributed by atoms with Gasteiger partial charge in [-0.2, -0.15) is 0 Å². The van der Waals surface area contributed by atoms with Gasteiger partial charge in [0, 0.05) is 25.3 Å². The summed E-state index contributed by atoms with van der Waals surface area (Å²) in [6, 6.07) is 5.02. The fourth-order valence-electron chi connectivity index (χ4n) is 1.41. The summed E-state index contributed by atoms with van der Waals surface area (Å²) < 4.78 is 15.3. The minimum Gasteiger partial charge on any atom is -0.497 e. The summed E-state index contributed by atoms with van der Waals surface area (Å²) in [6.07, 6.45) is 0. The highest BCUT2D eigenvalue weighted by atomic mass is 32.1.